The molecule has 2 atom stereocenters. The molecule has 21 heavy (non-hydrogen) atoms. The number of aromatic nitrogens is 1. The average Bonchev–Trinajstić information content (AvgIpc) is 2.84. The Kier molecular flexibility index (Phi) is 4.11. The van der Waals surface area contributed by atoms with Crippen molar-refractivity contribution >= 4 is 0 Å². The van der Waals surface area contributed by atoms with Crippen LogP contribution < -0.4 is 5.32 Å². The summed E-state index contributed by atoms with van der Waals surface area (Å²) in [6.07, 6.45) is 3.80. The first-order valence-corrected chi connectivity index (χ1v) is 7.90. The fraction of sp³-hybridized carbons (Fsp3) is 0.500. The quantitative estimate of drug-likeness (QED) is 0.920. The van der Waals surface area contributed by atoms with Crippen LogP contribution in [-0.4, -0.2) is 11.7 Å². The molecule has 3 heteroatoms. The second kappa shape index (κ2) is 6.02. The van der Waals surface area contributed by atoms with Gasteiger partial charge in [0.05, 0.1) is 5.69 Å². The lowest BCUT2D eigenvalue weighted by Crippen LogP contribution is -2.27. The second-order valence-corrected chi connectivity index (χ2v) is 6.16. The van der Waals surface area contributed by atoms with Gasteiger partial charge in [-0.2, -0.15) is 0 Å². The van der Waals surface area contributed by atoms with Crippen molar-refractivity contribution in [2.45, 2.75) is 52.0 Å². The minimum atomic E-state index is 0.283. The van der Waals surface area contributed by atoms with Gasteiger partial charge in [0.2, 0.25) is 0 Å². The maximum atomic E-state index is 5.27. The molecule has 0 bridgehead atoms. The highest BCUT2D eigenvalue weighted by Gasteiger charge is 2.22. The molecule has 0 saturated heterocycles. The van der Waals surface area contributed by atoms with Crippen LogP contribution in [0.3, 0.4) is 0 Å². The van der Waals surface area contributed by atoms with E-state index in [9.17, 15) is 0 Å². The van der Waals surface area contributed by atoms with Gasteiger partial charge in [-0.15, -0.1) is 0 Å². The largest absolute Gasteiger partial charge is 0.361 e. The van der Waals surface area contributed by atoms with Crippen molar-refractivity contribution in [3.8, 4) is 0 Å². The molecular formula is C18H24N2O. The van der Waals surface area contributed by atoms with Crippen molar-refractivity contribution in [2.24, 2.45) is 0 Å². The van der Waals surface area contributed by atoms with Gasteiger partial charge in [0.1, 0.15) is 5.76 Å². The lowest BCUT2D eigenvalue weighted by Gasteiger charge is -2.27. The van der Waals surface area contributed by atoms with Crippen LogP contribution >= 0.6 is 0 Å². The van der Waals surface area contributed by atoms with E-state index in [1.54, 1.807) is 0 Å². The minimum absolute atomic E-state index is 0.283. The zero-order valence-corrected chi connectivity index (χ0v) is 13.1. The van der Waals surface area contributed by atoms with E-state index < -0.39 is 0 Å². The van der Waals surface area contributed by atoms with E-state index in [4.69, 9.17) is 4.52 Å². The van der Waals surface area contributed by atoms with Crippen molar-refractivity contribution in [3.63, 3.8) is 0 Å². The molecule has 1 aliphatic carbocycles. The van der Waals surface area contributed by atoms with Gasteiger partial charge in [0, 0.05) is 18.2 Å². The molecule has 3 rings (SSSR count). The van der Waals surface area contributed by atoms with E-state index in [0.717, 1.165) is 18.0 Å². The van der Waals surface area contributed by atoms with Gasteiger partial charge in [-0.1, -0.05) is 29.4 Å². The Balaban J connectivity index is 1.69. The van der Waals surface area contributed by atoms with E-state index in [-0.39, 0.29) is 6.04 Å². The Labute approximate surface area is 126 Å². The van der Waals surface area contributed by atoms with Crippen LogP contribution in [0.25, 0.3) is 0 Å². The van der Waals surface area contributed by atoms with E-state index in [1.807, 2.05) is 13.8 Å². The van der Waals surface area contributed by atoms with E-state index in [1.165, 1.54) is 36.0 Å². The van der Waals surface area contributed by atoms with Gasteiger partial charge in [0.25, 0.3) is 0 Å². The summed E-state index contributed by atoms with van der Waals surface area (Å²) in [5.74, 6) is 1.55. The summed E-state index contributed by atoms with van der Waals surface area (Å²) in [5, 5.41) is 7.73. The van der Waals surface area contributed by atoms with Gasteiger partial charge in [-0.3, -0.25) is 0 Å². The van der Waals surface area contributed by atoms with Crippen LogP contribution in [0, 0.1) is 13.8 Å². The standard InChI is InChI=1S/C18H24N2O/c1-12(18-13(2)20-21-14(18)3)19-11-16-9-6-8-15-7-4-5-10-17(15)16/h4-5,7,10,12,16,19H,6,8-9,11H2,1-3H3. The summed E-state index contributed by atoms with van der Waals surface area (Å²) in [4.78, 5) is 0. The van der Waals surface area contributed by atoms with Crippen LogP contribution in [0.4, 0.5) is 0 Å². The van der Waals surface area contributed by atoms with E-state index in [0.29, 0.717) is 5.92 Å². The molecule has 0 aliphatic heterocycles. The highest BCUT2D eigenvalue weighted by Crippen LogP contribution is 2.31. The van der Waals surface area contributed by atoms with Crippen LogP contribution in [0.5, 0.6) is 0 Å². The monoisotopic (exact) mass is 284 g/mol. The summed E-state index contributed by atoms with van der Waals surface area (Å²) in [7, 11) is 0. The zero-order chi connectivity index (χ0) is 14.8. The van der Waals surface area contributed by atoms with Crippen LogP contribution in [0.1, 0.15) is 59.9 Å². The topological polar surface area (TPSA) is 38.1 Å². The number of hydrogen-bond acceptors (Lipinski definition) is 3. The predicted molar refractivity (Wildman–Crippen MR) is 84.5 cm³/mol. The number of nitrogens with one attached hydrogen (secondary N) is 1. The normalized spacial score (nSPS) is 19.3. The second-order valence-electron chi connectivity index (χ2n) is 6.16. The fourth-order valence-electron chi connectivity index (χ4n) is 3.60. The van der Waals surface area contributed by atoms with Gasteiger partial charge in [0.15, 0.2) is 0 Å². The zero-order valence-electron chi connectivity index (χ0n) is 13.1. The number of fused-ring (bicyclic) bond motifs is 1. The SMILES string of the molecule is Cc1noc(C)c1C(C)NCC1CCCc2ccccc21. The molecule has 0 fully saturated rings. The third-order valence-corrected chi connectivity index (χ3v) is 4.69. The molecule has 2 aromatic rings. The predicted octanol–water partition coefficient (Wildman–Crippen LogP) is 4.06. The molecule has 1 aliphatic rings. The number of benzene rings is 1. The maximum absolute atomic E-state index is 5.27. The highest BCUT2D eigenvalue weighted by molar-refractivity contribution is 5.33. The Morgan fingerprint density at radius 1 is 1.33 bits per heavy atom. The lowest BCUT2D eigenvalue weighted by molar-refractivity contribution is 0.390. The molecule has 0 amide bonds. The molecule has 0 spiro atoms. The van der Waals surface area contributed by atoms with Gasteiger partial charge in [-0.25, -0.2) is 0 Å². The maximum Gasteiger partial charge on any atom is 0.138 e. The van der Waals surface area contributed by atoms with Crippen molar-refractivity contribution in [1.82, 2.24) is 10.5 Å². The van der Waals surface area contributed by atoms with Crippen molar-refractivity contribution in [1.29, 1.82) is 0 Å². The molecule has 1 N–H and O–H groups in total. The number of hydrogen-bond donors (Lipinski definition) is 1. The average molecular weight is 284 g/mol. The Morgan fingerprint density at radius 2 is 2.14 bits per heavy atom. The van der Waals surface area contributed by atoms with E-state index >= 15 is 0 Å². The lowest BCUT2D eigenvalue weighted by atomic mass is 9.82. The number of rotatable bonds is 4. The molecular weight excluding hydrogens is 260 g/mol. The van der Waals surface area contributed by atoms with Gasteiger partial charge < -0.3 is 9.84 Å². The minimum Gasteiger partial charge on any atom is -0.361 e. The molecule has 3 nitrogen and oxygen atoms in total. The first kappa shape index (κ1) is 14.3. The van der Waals surface area contributed by atoms with Gasteiger partial charge in [-0.05, 0) is 57.1 Å². The van der Waals surface area contributed by atoms with Crippen molar-refractivity contribution < 1.29 is 4.52 Å². The van der Waals surface area contributed by atoms with Crippen LogP contribution in [-0.2, 0) is 6.42 Å². The molecule has 1 aromatic carbocycles. The Bertz CT molecular complexity index is 598. The summed E-state index contributed by atoms with van der Waals surface area (Å²) >= 11 is 0. The molecule has 1 heterocycles. The first-order chi connectivity index (χ1) is 10.2. The van der Waals surface area contributed by atoms with Crippen molar-refractivity contribution in [2.75, 3.05) is 6.54 Å². The highest BCUT2D eigenvalue weighted by atomic mass is 16.5. The summed E-state index contributed by atoms with van der Waals surface area (Å²) in [5.41, 5.74) is 5.26. The third kappa shape index (κ3) is 2.88. The summed E-state index contributed by atoms with van der Waals surface area (Å²) in [6, 6.07) is 9.17. The summed E-state index contributed by atoms with van der Waals surface area (Å²) < 4.78 is 5.27. The molecule has 0 saturated carbocycles. The molecule has 1 aromatic heterocycles. The van der Waals surface area contributed by atoms with Crippen LogP contribution in [0.2, 0.25) is 0 Å². The number of aryl methyl sites for hydroxylation is 3. The Hall–Kier alpha value is -1.61. The smallest absolute Gasteiger partial charge is 0.138 e. The summed E-state index contributed by atoms with van der Waals surface area (Å²) in [6.45, 7) is 7.22. The van der Waals surface area contributed by atoms with E-state index in [2.05, 4.69) is 41.7 Å². The first-order valence-electron chi connectivity index (χ1n) is 7.90. The third-order valence-electron chi connectivity index (χ3n) is 4.69. The van der Waals surface area contributed by atoms with Gasteiger partial charge >= 0.3 is 0 Å². The molecule has 2 unspecified atom stereocenters. The molecule has 112 valence electrons. The van der Waals surface area contributed by atoms with Crippen molar-refractivity contribution in [3.05, 3.63) is 52.4 Å². The Morgan fingerprint density at radius 3 is 2.90 bits per heavy atom. The van der Waals surface area contributed by atoms with Crippen LogP contribution in [0.15, 0.2) is 28.8 Å². The fourth-order valence-corrected chi connectivity index (χ4v) is 3.60. The molecule has 0 radical (unpaired) electrons. The number of nitrogens with zero attached hydrogens (tertiary/aromatic N) is 1.